The van der Waals surface area contributed by atoms with Gasteiger partial charge in [-0.05, 0) is 25.8 Å². The van der Waals surface area contributed by atoms with Crippen molar-refractivity contribution in [2.75, 3.05) is 39.3 Å². The first-order chi connectivity index (χ1) is 15.9. The van der Waals surface area contributed by atoms with Gasteiger partial charge in [-0.15, -0.1) is 11.3 Å². The molecular formula is C25H33N5O2S. The Morgan fingerprint density at radius 3 is 2.52 bits per heavy atom. The quantitative estimate of drug-likeness (QED) is 0.497. The smallest absolute Gasteiger partial charge is 0.260 e. The molecule has 1 fully saturated rings. The van der Waals surface area contributed by atoms with E-state index in [1.807, 2.05) is 0 Å². The number of amides is 1. The van der Waals surface area contributed by atoms with Gasteiger partial charge in [-0.1, -0.05) is 43.2 Å². The van der Waals surface area contributed by atoms with E-state index in [4.69, 9.17) is 4.98 Å². The molecule has 1 aromatic carbocycles. The molecule has 0 saturated carbocycles. The fourth-order valence-electron chi connectivity index (χ4n) is 4.29. The van der Waals surface area contributed by atoms with Gasteiger partial charge in [-0.25, -0.2) is 4.98 Å². The molecule has 7 nitrogen and oxygen atoms in total. The average molecular weight is 468 g/mol. The maximum absolute atomic E-state index is 13.0. The first-order valence-corrected chi connectivity index (χ1v) is 12.6. The number of carbonyl (C=O) groups is 1. The Balaban J connectivity index is 1.41. The number of fused-ring (bicyclic) bond motifs is 1. The lowest BCUT2D eigenvalue weighted by Gasteiger charge is -2.33. The largest absolute Gasteiger partial charge is 0.355 e. The van der Waals surface area contributed by atoms with Gasteiger partial charge in [-0.3, -0.25) is 19.4 Å². The third-order valence-electron chi connectivity index (χ3n) is 6.19. The monoisotopic (exact) mass is 467 g/mol. The minimum atomic E-state index is -0.0719. The molecule has 1 aliphatic rings. The Morgan fingerprint density at radius 2 is 1.82 bits per heavy atom. The molecule has 1 amide bonds. The minimum Gasteiger partial charge on any atom is -0.355 e. The summed E-state index contributed by atoms with van der Waals surface area (Å²) in [5.74, 6) is 0.806. The van der Waals surface area contributed by atoms with Gasteiger partial charge in [0, 0.05) is 43.2 Å². The lowest BCUT2D eigenvalue weighted by atomic mass is 10.0. The van der Waals surface area contributed by atoms with Crippen molar-refractivity contribution < 1.29 is 4.79 Å². The normalized spacial score (nSPS) is 15.2. The van der Waals surface area contributed by atoms with Crippen LogP contribution >= 0.6 is 11.3 Å². The zero-order valence-electron chi connectivity index (χ0n) is 19.7. The number of benzene rings is 1. The van der Waals surface area contributed by atoms with E-state index in [0.717, 1.165) is 66.4 Å². The number of aromatic nitrogens is 2. The Labute approximate surface area is 198 Å². The number of aromatic amines is 1. The van der Waals surface area contributed by atoms with E-state index in [1.54, 1.807) is 11.3 Å². The van der Waals surface area contributed by atoms with Gasteiger partial charge in [0.25, 0.3) is 5.56 Å². The fourth-order valence-corrected chi connectivity index (χ4v) is 5.35. The maximum Gasteiger partial charge on any atom is 0.260 e. The second kappa shape index (κ2) is 10.6. The fraction of sp³-hybridized carbons (Fsp3) is 0.480. The van der Waals surface area contributed by atoms with Gasteiger partial charge in [0.05, 0.1) is 18.5 Å². The van der Waals surface area contributed by atoms with Crippen LogP contribution in [0.25, 0.3) is 21.3 Å². The molecule has 0 radical (unpaired) electrons. The van der Waals surface area contributed by atoms with E-state index < -0.39 is 0 Å². The molecule has 0 bridgehead atoms. The molecule has 3 aromatic rings. The number of rotatable bonds is 8. The van der Waals surface area contributed by atoms with E-state index in [2.05, 4.69) is 65.1 Å². The van der Waals surface area contributed by atoms with Crippen LogP contribution < -0.4 is 10.9 Å². The lowest BCUT2D eigenvalue weighted by molar-refractivity contribution is -0.122. The second-order valence-corrected chi connectivity index (χ2v) is 10.1. The predicted molar refractivity (Wildman–Crippen MR) is 135 cm³/mol. The summed E-state index contributed by atoms with van der Waals surface area (Å²) < 4.78 is 0. The average Bonchev–Trinajstić information content (AvgIpc) is 3.12. The van der Waals surface area contributed by atoms with Crippen molar-refractivity contribution in [3.05, 3.63) is 50.9 Å². The Hall–Kier alpha value is -2.55. The second-order valence-electron chi connectivity index (χ2n) is 8.85. The molecule has 1 saturated heterocycles. The number of carbonyl (C=O) groups excluding carboxylic acids is 1. The number of hydrogen-bond donors (Lipinski definition) is 2. The minimum absolute atomic E-state index is 0.0719. The van der Waals surface area contributed by atoms with Crippen LogP contribution in [0.1, 0.15) is 36.0 Å². The van der Waals surface area contributed by atoms with Crippen LogP contribution in [0.3, 0.4) is 0 Å². The summed E-state index contributed by atoms with van der Waals surface area (Å²) in [4.78, 5) is 39.3. The van der Waals surface area contributed by atoms with Crippen molar-refractivity contribution in [3.8, 4) is 11.1 Å². The number of H-pyrrole nitrogens is 1. The lowest BCUT2D eigenvalue weighted by Crippen LogP contribution is -2.49. The third-order valence-corrected chi connectivity index (χ3v) is 7.18. The van der Waals surface area contributed by atoms with Gasteiger partial charge >= 0.3 is 0 Å². The number of aryl methyl sites for hydroxylation is 2. The summed E-state index contributed by atoms with van der Waals surface area (Å²) in [6.07, 6.45) is 2.10. The van der Waals surface area contributed by atoms with E-state index in [-0.39, 0.29) is 11.5 Å². The number of nitrogens with one attached hydrogen (secondary N) is 2. The highest BCUT2D eigenvalue weighted by atomic mass is 32.1. The molecule has 2 aromatic heterocycles. The standard InChI is InChI=1S/C25H33N5O2S/c1-4-5-10-26-21(31)16-30-13-11-29(12-14-30)15-20-27-24(32)23-22(18(3)33-25(23)28-20)19-8-6-17(2)7-9-19/h6-9H,4-5,10-16H2,1-3H3,(H,26,31)(H,27,28,32). The first kappa shape index (κ1) is 23.6. The van der Waals surface area contributed by atoms with Crippen LogP contribution in [-0.2, 0) is 11.3 Å². The number of piperazine rings is 1. The van der Waals surface area contributed by atoms with E-state index in [0.29, 0.717) is 24.3 Å². The van der Waals surface area contributed by atoms with Crippen molar-refractivity contribution in [1.82, 2.24) is 25.1 Å². The highest BCUT2D eigenvalue weighted by Gasteiger charge is 2.21. The van der Waals surface area contributed by atoms with Crippen molar-refractivity contribution >= 4 is 27.5 Å². The van der Waals surface area contributed by atoms with Crippen molar-refractivity contribution in [3.63, 3.8) is 0 Å². The summed E-state index contributed by atoms with van der Waals surface area (Å²) in [6.45, 7) is 11.4. The summed E-state index contributed by atoms with van der Waals surface area (Å²) in [6, 6.07) is 8.28. The highest BCUT2D eigenvalue weighted by molar-refractivity contribution is 7.19. The maximum atomic E-state index is 13.0. The van der Waals surface area contributed by atoms with Crippen LogP contribution in [0.2, 0.25) is 0 Å². The topological polar surface area (TPSA) is 81.3 Å². The highest BCUT2D eigenvalue weighted by Crippen LogP contribution is 2.35. The van der Waals surface area contributed by atoms with Crippen molar-refractivity contribution in [1.29, 1.82) is 0 Å². The summed E-state index contributed by atoms with van der Waals surface area (Å²) >= 11 is 1.58. The van der Waals surface area contributed by atoms with Gasteiger partial charge in [0.1, 0.15) is 10.7 Å². The van der Waals surface area contributed by atoms with E-state index in [9.17, 15) is 9.59 Å². The Bertz CT molecular complexity index is 1160. The molecular weight excluding hydrogens is 434 g/mol. The molecule has 176 valence electrons. The van der Waals surface area contributed by atoms with Crippen LogP contribution in [0.4, 0.5) is 0 Å². The molecule has 0 aliphatic carbocycles. The van der Waals surface area contributed by atoms with Crippen LogP contribution in [-0.4, -0.2) is 64.9 Å². The molecule has 2 N–H and O–H groups in total. The molecule has 0 atom stereocenters. The van der Waals surface area contributed by atoms with Crippen LogP contribution in [0.15, 0.2) is 29.1 Å². The Morgan fingerprint density at radius 1 is 1.12 bits per heavy atom. The Kier molecular flexibility index (Phi) is 7.57. The van der Waals surface area contributed by atoms with Gasteiger partial charge in [0.2, 0.25) is 5.91 Å². The molecule has 0 spiro atoms. The molecule has 0 unspecified atom stereocenters. The summed E-state index contributed by atoms with van der Waals surface area (Å²) in [5, 5.41) is 3.67. The van der Waals surface area contributed by atoms with Gasteiger partial charge in [-0.2, -0.15) is 0 Å². The van der Waals surface area contributed by atoms with E-state index in [1.165, 1.54) is 5.56 Å². The van der Waals surface area contributed by atoms with Gasteiger partial charge in [0.15, 0.2) is 0 Å². The number of thiophene rings is 1. The van der Waals surface area contributed by atoms with Crippen LogP contribution in [0.5, 0.6) is 0 Å². The van der Waals surface area contributed by atoms with Gasteiger partial charge < -0.3 is 10.3 Å². The molecule has 1 aliphatic heterocycles. The van der Waals surface area contributed by atoms with Crippen LogP contribution in [0, 0.1) is 13.8 Å². The molecule has 3 heterocycles. The molecule has 33 heavy (non-hydrogen) atoms. The zero-order valence-corrected chi connectivity index (χ0v) is 20.6. The first-order valence-electron chi connectivity index (χ1n) is 11.8. The number of hydrogen-bond acceptors (Lipinski definition) is 6. The van der Waals surface area contributed by atoms with Crippen molar-refractivity contribution in [2.45, 2.75) is 40.2 Å². The summed E-state index contributed by atoms with van der Waals surface area (Å²) in [7, 11) is 0. The molecule has 8 heteroatoms. The van der Waals surface area contributed by atoms with E-state index >= 15 is 0 Å². The number of nitrogens with zero attached hydrogens (tertiary/aromatic N) is 3. The summed E-state index contributed by atoms with van der Waals surface area (Å²) in [5.41, 5.74) is 3.17. The zero-order chi connectivity index (χ0) is 23.4. The van der Waals surface area contributed by atoms with Crippen molar-refractivity contribution in [2.24, 2.45) is 0 Å². The molecule has 4 rings (SSSR count). The third kappa shape index (κ3) is 5.69. The number of unbranched alkanes of at least 4 members (excludes halogenated alkanes) is 1. The SMILES string of the molecule is CCCCNC(=O)CN1CCN(Cc2nc3sc(C)c(-c4ccc(C)cc4)c3c(=O)[nH]2)CC1. The predicted octanol–water partition coefficient (Wildman–Crippen LogP) is 3.30.